The second kappa shape index (κ2) is 4.38. The highest BCUT2D eigenvalue weighted by Crippen LogP contribution is 2.24. The van der Waals surface area contributed by atoms with Gasteiger partial charge in [-0.25, -0.2) is 0 Å². The first kappa shape index (κ1) is 10.7. The molecule has 2 aromatic rings. The topological polar surface area (TPSA) is 87.8 Å². The zero-order valence-electron chi connectivity index (χ0n) is 9.15. The Morgan fingerprint density at radius 1 is 1.29 bits per heavy atom. The van der Waals surface area contributed by atoms with E-state index in [0.29, 0.717) is 0 Å². The quantitative estimate of drug-likeness (QED) is 0.604. The van der Waals surface area contributed by atoms with Crippen molar-refractivity contribution in [2.45, 2.75) is 6.92 Å². The van der Waals surface area contributed by atoms with Crippen molar-refractivity contribution >= 4 is 22.3 Å². The number of hydrogen-bond acceptors (Lipinski definition) is 4. The SMILES string of the molecule is Cc1c(NN=C(C#N)C#N)ccc2[nH]ccc12. The minimum Gasteiger partial charge on any atom is -0.361 e. The van der Waals surface area contributed by atoms with Crippen molar-refractivity contribution in [1.29, 1.82) is 10.5 Å². The van der Waals surface area contributed by atoms with E-state index in [4.69, 9.17) is 10.5 Å². The number of nitriles is 2. The Labute approximate surface area is 98.0 Å². The molecule has 0 saturated heterocycles. The standard InChI is InChI=1S/C12H9N5/c1-8-10-4-5-15-12(10)3-2-11(8)17-16-9(6-13)7-14/h2-5,15,17H,1H3. The molecule has 1 aromatic heterocycles. The normalized spacial score (nSPS) is 9.35. The fourth-order valence-electron chi connectivity index (χ4n) is 1.60. The van der Waals surface area contributed by atoms with Crippen molar-refractivity contribution in [2.75, 3.05) is 5.43 Å². The maximum Gasteiger partial charge on any atom is 0.237 e. The summed E-state index contributed by atoms with van der Waals surface area (Å²) in [6, 6.07) is 9.12. The van der Waals surface area contributed by atoms with Gasteiger partial charge in [0.1, 0.15) is 12.1 Å². The van der Waals surface area contributed by atoms with Crippen molar-refractivity contribution in [3.8, 4) is 12.1 Å². The average Bonchev–Trinajstić information content (AvgIpc) is 2.82. The molecule has 17 heavy (non-hydrogen) atoms. The molecule has 0 atom stereocenters. The Balaban J connectivity index is 2.38. The number of aromatic amines is 1. The van der Waals surface area contributed by atoms with Gasteiger partial charge < -0.3 is 4.98 Å². The molecule has 5 heteroatoms. The highest BCUT2D eigenvalue weighted by Gasteiger charge is 2.03. The number of fused-ring (bicyclic) bond motifs is 1. The molecule has 1 aromatic carbocycles. The second-order valence-electron chi connectivity index (χ2n) is 3.47. The van der Waals surface area contributed by atoms with Gasteiger partial charge in [-0.2, -0.15) is 15.6 Å². The summed E-state index contributed by atoms with van der Waals surface area (Å²) in [7, 11) is 0. The molecular weight excluding hydrogens is 214 g/mol. The first-order valence-electron chi connectivity index (χ1n) is 4.97. The number of aromatic nitrogens is 1. The summed E-state index contributed by atoms with van der Waals surface area (Å²) < 4.78 is 0. The van der Waals surface area contributed by atoms with E-state index >= 15 is 0 Å². The van der Waals surface area contributed by atoms with Crippen LogP contribution < -0.4 is 5.43 Å². The van der Waals surface area contributed by atoms with Crippen molar-refractivity contribution in [1.82, 2.24) is 4.98 Å². The van der Waals surface area contributed by atoms with Gasteiger partial charge in [0.15, 0.2) is 0 Å². The number of nitrogens with zero attached hydrogens (tertiary/aromatic N) is 3. The van der Waals surface area contributed by atoms with Crippen molar-refractivity contribution in [2.24, 2.45) is 5.10 Å². The van der Waals surface area contributed by atoms with Gasteiger partial charge >= 0.3 is 0 Å². The van der Waals surface area contributed by atoms with Gasteiger partial charge in [0.25, 0.3) is 0 Å². The predicted molar refractivity (Wildman–Crippen MR) is 65.3 cm³/mol. The van der Waals surface area contributed by atoms with Crippen LogP contribution in [0.1, 0.15) is 5.56 Å². The molecule has 82 valence electrons. The molecule has 5 nitrogen and oxygen atoms in total. The van der Waals surface area contributed by atoms with Gasteiger partial charge in [0, 0.05) is 17.1 Å². The minimum absolute atomic E-state index is 0.196. The summed E-state index contributed by atoms with van der Waals surface area (Å²) in [5, 5.41) is 21.9. The second-order valence-corrected chi connectivity index (χ2v) is 3.47. The van der Waals surface area contributed by atoms with Gasteiger partial charge in [-0.15, -0.1) is 0 Å². The molecule has 0 saturated carbocycles. The number of anilines is 1. The van der Waals surface area contributed by atoms with Crippen LogP contribution in [0.3, 0.4) is 0 Å². The molecule has 0 fully saturated rings. The lowest BCUT2D eigenvalue weighted by molar-refractivity contribution is 1.31. The van der Waals surface area contributed by atoms with Crippen LogP contribution in [0.25, 0.3) is 10.9 Å². The van der Waals surface area contributed by atoms with Gasteiger partial charge in [0.2, 0.25) is 5.71 Å². The van der Waals surface area contributed by atoms with E-state index in [0.717, 1.165) is 22.2 Å². The lowest BCUT2D eigenvalue weighted by atomic mass is 10.1. The van der Waals surface area contributed by atoms with E-state index in [9.17, 15) is 0 Å². The van der Waals surface area contributed by atoms with Crippen LogP contribution in [0.5, 0.6) is 0 Å². The molecule has 0 aliphatic heterocycles. The maximum atomic E-state index is 8.56. The smallest absolute Gasteiger partial charge is 0.237 e. The fraction of sp³-hybridized carbons (Fsp3) is 0.0833. The molecule has 2 N–H and O–H groups in total. The van der Waals surface area contributed by atoms with Crippen molar-refractivity contribution in [3.05, 3.63) is 30.0 Å². The molecule has 0 aliphatic rings. The van der Waals surface area contributed by atoms with Crippen LogP contribution in [0.4, 0.5) is 5.69 Å². The molecule has 0 unspecified atom stereocenters. The largest absolute Gasteiger partial charge is 0.361 e. The zero-order chi connectivity index (χ0) is 12.3. The maximum absolute atomic E-state index is 8.56. The highest BCUT2D eigenvalue weighted by molar-refractivity contribution is 6.10. The Bertz CT molecular complexity index is 650. The number of hydrazone groups is 1. The minimum atomic E-state index is -0.196. The number of rotatable bonds is 2. The van der Waals surface area contributed by atoms with Crippen molar-refractivity contribution in [3.63, 3.8) is 0 Å². The molecule has 0 amide bonds. The number of H-pyrrole nitrogens is 1. The molecular formula is C12H9N5. The summed E-state index contributed by atoms with van der Waals surface area (Å²) in [6.45, 7) is 1.95. The van der Waals surface area contributed by atoms with Crippen LogP contribution >= 0.6 is 0 Å². The van der Waals surface area contributed by atoms with E-state index in [2.05, 4.69) is 15.5 Å². The Hall–Kier alpha value is -2.79. The Morgan fingerprint density at radius 3 is 2.76 bits per heavy atom. The highest BCUT2D eigenvalue weighted by atomic mass is 15.3. The van der Waals surface area contributed by atoms with E-state index in [-0.39, 0.29) is 5.71 Å². The molecule has 0 radical (unpaired) electrons. The number of benzene rings is 1. The van der Waals surface area contributed by atoms with E-state index in [1.54, 1.807) is 12.1 Å². The van der Waals surface area contributed by atoms with Crippen LogP contribution in [-0.2, 0) is 0 Å². The van der Waals surface area contributed by atoms with Gasteiger partial charge in [0.05, 0.1) is 5.69 Å². The van der Waals surface area contributed by atoms with Crippen LogP contribution in [0.15, 0.2) is 29.5 Å². The lowest BCUT2D eigenvalue weighted by Crippen LogP contribution is -1.97. The average molecular weight is 223 g/mol. The Kier molecular flexibility index (Phi) is 2.76. The summed E-state index contributed by atoms with van der Waals surface area (Å²) >= 11 is 0. The third kappa shape index (κ3) is 1.95. The third-order valence-corrected chi connectivity index (χ3v) is 2.50. The zero-order valence-corrected chi connectivity index (χ0v) is 9.15. The summed E-state index contributed by atoms with van der Waals surface area (Å²) in [5.41, 5.74) is 5.36. The van der Waals surface area contributed by atoms with Crippen LogP contribution in [-0.4, -0.2) is 10.7 Å². The monoisotopic (exact) mass is 223 g/mol. The van der Waals surface area contributed by atoms with E-state index in [1.807, 2.05) is 31.3 Å². The van der Waals surface area contributed by atoms with E-state index in [1.165, 1.54) is 0 Å². The predicted octanol–water partition coefficient (Wildman–Crippen LogP) is 2.29. The summed E-state index contributed by atoms with van der Waals surface area (Å²) in [5.74, 6) is 0. The van der Waals surface area contributed by atoms with Crippen LogP contribution in [0, 0.1) is 29.6 Å². The number of hydrogen-bond donors (Lipinski definition) is 2. The molecule has 0 aliphatic carbocycles. The lowest BCUT2D eigenvalue weighted by Gasteiger charge is -2.05. The Morgan fingerprint density at radius 2 is 2.06 bits per heavy atom. The number of nitrogens with one attached hydrogen (secondary N) is 2. The van der Waals surface area contributed by atoms with Gasteiger partial charge in [-0.05, 0) is 30.7 Å². The van der Waals surface area contributed by atoms with Gasteiger partial charge in [-0.3, -0.25) is 5.43 Å². The molecule has 1 heterocycles. The number of aryl methyl sites for hydroxylation is 1. The summed E-state index contributed by atoms with van der Waals surface area (Å²) in [6.07, 6.45) is 1.86. The fourth-order valence-corrected chi connectivity index (χ4v) is 1.60. The third-order valence-electron chi connectivity index (χ3n) is 2.50. The first-order chi connectivity index (χ1) is 8.26. The molecule has 0 spiro atoms. The van der Waals surface area contributed by atoms with Crippen LogP contribution in [0.2, 0.25) is 0 Å². The molecule has 0 bridgehead atoms. The van der Waals surface area contributed by atoms with Crippen molar-refractivity contribution < 1.29 is 0 Å². The summed E-state index contributed by atoms with van der Waals surface area (Å²) in [4.78, 5) is 3.11. The first-order valence-corrected chi connectivity index (χ1v) is 4.97. The van der Waals surface area contributed by atoms with Gasteiger partial charge in [-0.1, -0.05) is 0 Å². The van der Waals surface area contributed by atoms with E-state index < -0.39 is 0 Å². The molecule has 2 rings (SSSR count).